The molecule has 202 valence electrons. The van der Waals surface area contributed by atoms with Crippen molar-refractivity contribution in [3.8, 4) is 0 Å². The second-order valence-electron chi connectivity index (χ2n) is 14.2. The van der Waals surface area contributed by atoms with Crippen LogP contribution in [-0.2, 0) is 9.53 Å². The number of ether oxygens (including phenoxy) is 1. The molecule has 0 aromatic rings. The van der Waals surface area contributed by atoms with Gasteiger partial charge in [0, 0.05) is 18.8 Å². The molecule has 4 rings (SSSR count). The molecule has 0 heterocycles. The van der Waals surface area contributed by atoms with Gasteiger partial charge in [0.1, 0.15) is 5.60 Å². The van der Waals surface area contributed by atoms with Crippen LogP contribution in [0.2, 0.25) is 0 Å². The van der Waals surface area contributed by atoms with Gasteiger partial charge >= 0.3 is 5.97 Å². The number of aliphatic hydroxyl groups excluding tert-OH is 2. The van der Waals surface area contributed by atoms with Crippen LogP contribution in [0.3, 0.4) is 0 Å². The SMILES string of the molecule is CC(=O)OC(C)(C)[C@H](C)CC[C@@H](C)[C@H]1CC[C@H]2[C@@H]3C[C@@H](O)[C@@]4(O)C[C@@H](O)CC[C@]4(C)[C@H]3CC[C@]12C. The van der Waals surface area contributed by atoms with Crippen molar-refractivity contribution >= 4 is 5.97 Å². The van der Waals surface area contributed by atoms with Crippen LogP contribution in [0.1, 0.15) is 113 Å². The average Bonchev–Trinajstić information content (AvgIpc) is 3.10. The summed E-state index contributed by atoms with van der Waals surface area (Å²) in [6.45, 7) is 14.9. The first-order chi connectivity index (χ1) is 16.2. The van der Waals surface area contributed by atoms with Gasteiger partial charge in [-0.05, 0) is 106 Å². The second kappa shape index (κ2) is 9.27. The van der Waals surface area contributed by atoms with Gasteiger partial charge in [-0.15, -0.1) is 0 Å². The van der Waals surface area contributed by atoms with Gasteiger partial charge in [-0.25, -0.2) is 0 Å². The molecule has 4 fully saturated rings. The predicted octanol–water partition coefficient (Wildman–Crippen LogP) is 5.49. The van der Waals surface area contributed by atoms with Crippen LogP contribution < -0.4 is 0 Å². The Morgan fingerprint density at radius 3 is 2.37 bits per heavy atom. The minimum atomic E-state index is -1.16. The van der Waals surface area contributed by atoms with Gasteiger partial charge in [-0.3, -0.25) is 4.79 Å². The van der Waals surface area contributed by atoms with Crippen molar-refractivity contribution < 1.29 is 24.9 Å². The summed E-state index contributed by atoms with van der Waals surface area (Å²) in [6, 6.07) is 0. The highest BCUT2D eigenvalue weighted by Gasteiger charge is 2.67. The monoisotopic (exact) mass is 492 g/mol. The molecule has 0 aromatic carbocycles. The Morgan fingerprint density at radius 2 is 1.71 bits per heavy atom. The molecule has 4 aliphatic rings. The first kappa shape index (κ1) is 27.4. The van der Waals surface area contributed by atoms with Gasteiger partial charge in [0.05, 0.1) is 17.8 Å². The fourth-order valence-corrected chi connectivity index (χ4v) is 9.77. The highest BCUT2D eigenvalue weighted by atomic mass is 16.6. The molecule has 4 aliphatic carbocycles. The number of carbonyl (C=O) groups is 1. The molecule has 3 N–H and O–H groups in total. The normalized spacial score (nSPS) is 47.3. The first-order valence-corrected chi connectivity index (χ1v) is 14.4. The summed E-state index contributed by atoms with van der Waals surface area (Å²) in [5.41, 5.74) is -1.62. The summed E-state index contributed by atoms with van der Waals surface area (Å²) in [4.78, 5) is 11.5. The van der Waals surface area contributed by atoms with E-state index in [0.717, 1.165) is 32.1 Å². The number of hydrogen-bond acceptors (Lipinski definition) is 5. The molecule has 4 saturated carbocycles. The zero-order chi connectivity index (χ0) is 26.0. The summed E-state index contributed by atoms with van der Waals surface area (Å²) < 4.78 is 5.60. The van der Waals surface area contributed by atoms with E-state index in [9.17, 15) is 20.1 Å². The van der Waals surface area contributed by atoms with Crippen molar-refractivity contribution in [3.63, 3.8) is 0 Å². The lowest BCUT2D eigenvalue weighted by Crippen LogP contribution is -2.68. The molecule has 11 atom stereocenters. The second-order valence-corrected chi connectivity index (χ2v) is 14.2. The van der Waals surface area contributed by atoms with Crippen molar-refractivity contribution in [1.82, 2.24) is 0 Å². The van der Waals surface area contributed by atoms with E-state index in [1.54, 1.807) is 0 Å². The summed E-state index contributed by atoms with van der Waals surface area (Å²) in [7, 11) is 0. The minimum absolute atomic E-state index is 0.208. The molecule has 0 saturated heterocycles. The molecule has 0 unspecified atom stereocenters. The van der Waals surface area contributed by atoms with Crippen molar-refractivity contribution in [2.75, 3.05) is 0 Å². The van der Waals surface area contributed by atoms with Crippen LogP contribution in [0.15, 0.2) is 0 Å². The minimum Gasteiger partial charge on any atom is -0.460 e. The van der Waals surface area contributed by atoms with Gasteiger partial charge < -0.3 is 20.1 Å². The molecular weight excluding hydrogens is 440 g/mol. The molecule has 0 radical (unpaired) electrons. The van der Waals surface area contributed by atoms with Crippen LogP contribution in [0, 0.1) is 46.3 Å². The van der Waals surface area contributed by atoms with Gasteiger partial charge in [-0.1, -0.05) is 34.1 Å². The van der Waals surface area contributed by atoms with E-state index in [2.05, 4.69) is 27.7 Å². The Labute approximate surface area is 213 Å². The molecule has 0 aliphatic heterocycles. The van der Waals surface area contributed by atoms with Gasteiger partial charge in [-0.2, -0.15) is 0 Å². The Bertz CT molecular complexity index is 796. The topological polar surface area (TPSA) is 87.0 Å². The first-order valence-electron chi connectivity index (χ1n) is 14.4. The number of fused-ring (bicyclic) bond motifs is 5. The molecule has 0 spiro atoms. The maximum Gasteiger partial charge on any atom is 0.303 e. The molecule has 0 amide bonds. The number of hydrogen-bond donors (Lipinski definition) is 3. The third kappa shape index (κ3) is 4.40. The molecule has 0 bridgehead atoms. The van der Waals surface area contributed by atoms with Crippen molar-refractivity contribution in [3.05, 3.63) is 0 Å². The highest BCUT2D eigenvalue weighted by molar-refractivity contribution is 5.66. The van der Waals surface area contributed by atoms with E-state index in [4.69, 9.17) is 4.74 Å². The Balaban J connectivity index is 1.46. The number of esters is 1. The van der Waals surface area contributed by atoms with Crippen molar-refractivity contribution in [2.24, 2.45) is 46.3 Å². The lowest BCUT2D eigenvalue weighted by atomic mass is 9.42. The van der Waals surface area contributed by atoms with Gasteiger partial charge in [0.2, 0.25) is 0 Å². The Kier molecular flexibility index (Phi) is 7.26. The Hall–Kier alpha value is -0.650. The van der Waals surface area contributed by atoms with Crippen LogP contribution >= 0.6 is 0 Å². The van der Waals surface area contributed by atoms with Crippen molar-refractivity contribution in [2.45, 2.75) is 136 Å². The summed E-state index contributed by atoms with van der Waals surface area (Å²) in [6.07, 6.45) is 8.29. The third-order valence-electron chi connectivity index (χ3n) is 12.2. The molecule has 0 aromatic heterocycles. The van der Waals surface area contributed by atoms with Crippen LogP contribution in [0.25, 0.3) is 0 Å². The molecule has 35 heavy (non-hydrogen) atoms. The zero-order valence-electron chi connectivity index (χ0n) is 23.3. The zero-order valence-corrected chi connectivity index (χ0v) is 23.3. The van der Waals surface area contributed by atoms with E-state index in [1.807, 2.05) is 13.8 Å². The van der Waals surface area contributed by atoms with Crippen LogP contribution in [0.4, 0.5) is 0 Å². The van der Waals surface area contributed by atoms with Gasteiger partial charge in [0.15, 0.2) is 0 Å². The van der Waals surface area contributed by atoms with Crippen LogP contribution in [-0.4, -0.2) is 44.7 Å². The van der Waals surface area contributed by atoms with E-state index in [0.29, 0.717) is 48.3 Å². The smallest absolute Gasteiger partial charge is 0.303 e. The standard InChI is InChI=1S/C30H52O5/c1-18(8-9-19(2)27(4,5)35-20(3)31)23-10-11-24-22-16-26(33)30(34)17-21(32)12-15-29(30,7)25(22)13-14-28(23,24)6/h18-19,21-26,32-34H,8-17H2,1-7H3/t18-,19-,21+,22+,23-,24+,25+,26-,28-,29-,30+/m1/s1. The highest BCUT2D eigenvalue weighted by Crippen LogP contribution is 2.69. The van der Waals surface area contributed by atoms with E-state index >= 15 is 0 Å². The summed E-state index contributed by atoms with van der Waals surface area (Å²) in [5.74, 6) is 2.89. The number of carbonyl (C=O) groups excluding carboxylic acids is 1. The van der Waals surface area contributed by atoms with Gasteiger partial charge in [0.25, 0.3) is 0 Å². The number of aliphatic hydroxyl groups is 3. The van der Waals surface area contributed by atoms with Crippen molar-refractivity contribution in [1.29, 1.82) is 0 Å². The quantitative estimate of drug-likeness (QED) is 0.427. The van der Waals surface area contributed by atoms with E-state index in [-0.39, 0.29) is 16.8 Å². The average molecular weight is 493 g/mol. The third-order valence-corrected chi connectivity index (χ3v) is 12.2. The van der Waals surface area contributed by atoms with Crippen LogP contribution in [0.5, 0.6) is 0 Å². The largest absolute Gasteiger partial charge is 0.460 e. The Morgan fingerprint density at radius 1 is 1.03 bits per heavy atom. The summed E-state index contributed by atoms with van der Waals surface area (Å²) >= 11 is 0. The van der Waals surface area contributed by atoms with E-state index < -0.39 is 23.4 Å². The summed E-state index contributed by atoms with van der Waals surface area (Å²) in [5, 5.41) is 33.2. The fourth-order valence-electron chi connectivity index (χ4n) is 9.77. The fraction of sp³-hybridized carbons (Fsp3) is 0.967. The molecule has 5 nitrogen and oxygen atoms in total. The maximum atomic E-state index is 11.7. The number of rotatable bonds is 6. The predicted molar refractivity (Wildman–Crippen MR) is 137 cm³/mol. The molecular formula is C30H52O5. The maximum absolute atomic E-state index is 11.7. The molecule has 5 heteroatoms. The lowest BCUT2D eigenvalue weighted by Gasteiger charge is -2.65. The van der Waals surface area contributed by atoms with E-state index in [1.165, 1.54) is 26.2 Å². The lowest BCUT2D eigenvalue weighted by molar-refractivity contribution is -0.264.